The van der Waals surface area contributed by atoms with Crippen molar-refractivity contribution in [2.45, 2.75) is 18.2 Å². The first-order chi connectivity index (χ1) is 16.4. The molecule has 0 unspecified atom stereocenters. The highest BCUT2D eigenvalue weighted by atomic mass is 32.2. The van der Waals surface area contributed by atoms with Crippen LogP contribution in [0.3, 0.4) is 0 Å². The molecular weight excluding hydrogens is 468 g/mol. The van der Waals surface area contributed by atoms with Crippen molar-refractivity contribution in [3.05, 3.63) is 71.8 Å². The number of anilines is 3. The molecule has 0 spiro atoms. The van der Waals surface area contributed by atoms with Gasteiger partial charge in [-0.2, -0.15) is 0 Å². The fourth-order valence-corrected chi connectivity index (χ4v) is 5.21. The van der Waals surface area contributed by atoms with Crippen molar-refractivity contribution in [2.24, 2.45) is 0 Å². The van der Waals surface area contributed by atoms with Crippen LogP contribution in [0.1, 0.15) is 11.1 Å². The fourth-order valence-electron chi connectivity index (χ4n) is 3.30. The number of aromatic nitrogens is 1. The van der Waals surface area contributed by atoms with E-state index in [1.807, 2.05) is 50.2 Å². The second-order valence-corrected chi connectivity index (χ2v) is 9.88. The van der Waals surface area contributed by atoms with Crippen LogP contribution in [0.15, 0.2) is 65.0 Å². The Morgan fingerprint density at radius 1 is 0.971 bits per heavy atom. The van der Waals surface area contributed by atoms with Gasteiger partial charge in [0.25, 0.3) is 0 Å². The molecule has 0 fully saturated rings. The Morgan fingerprint density at radius 3 is 2.53 bits per heavy atom. The highest BCUT2D eigenvalue weighted by Crippen LogP contribution is 2.31. The van der Waals surface area contributed by atoms with Crippen molar-refractivity contribution >= 4 is 62.3 Å². The molecule has 0 aliphatic heterocycles. The number of thioether (sulfide) groups is 1. The van der Waals surface area contributed by atoms with E-state index in [4.69, 9.17) is 4.74 Å². The van der Waals surface area contributed by atoms with Crippen molar-refractivity contribution in [3.8, 4) is 5.75 Å². The molecular formula is C25H24N4O3S2. The average Bonchev–Trinajstić information content (AvgIpc) is 3.22. The monoisotopic (exact) mass is 492 g/mol. The van der Waals surface area contributed by atoms with Gasteiger partial charge in [-0.15, -0.1) is 11.3 Å². The van der Waals surface area contributed by atoms with Gasteiger partial charge in [0.1, 0.15) is 5.75 Å². The van der Waals surface area contributed by atoms with Crippen molar-refractivity contribution in [1.82, 2.24) is 4.98 Å². The van der Waals surface area contributed by atoms with E-state index in [9.17, 15) is 9.59 Å². The van der Waals surface area contributed by atoms with E-state index < -0.39 is 0 Å². The summed E-state index contributed by atoms with van der Waals surface area (Å²) in [5, 5.41) is 8.57. The van der Waals surface area contributed by atoms with Gasteiger partial charge >= 0.3 is 6.03 Å². The van der Waals surface area contributed by atoms with Gasteiger partial charge in [-0.05, 0) is 55.8 Å². The number of aryl methyl sites for hydroxylation is 2. The lowest BCUT2D eigenvalue weighted by molar-refractivity contribution is -0.113. The SMILES string of the molecule is COc1cccc(NC(=O)Nc2ccc3nc(SCC(=O)Nc4ccc(C)cc4C)sc3c2)c1. The molecule has 0 aliphatic rings. The third-order valence-corrected chi connectivity index (χ3v) is 7.10. The van der Waals surface area contributed by atoms with Crippen molar-refractivity contribution in [3.63, 3.8) is 0 Å². The maximum absolute atomic E-state index is 12.4. The highest BCUT2D eigenvalue weighted by molar-refractivity contribution is 8.01. The molecule has 0 saturated heterocycles. The van der Waals surface area contributed by atoms with Gasteiger partial charge in [0.2, 0.25) is 5.91 Å². The molecule has 0 atom stereocenters. The third kappa shape index (κ3) is 6.06. The van der Waals surface area contributed by atoms with E-state index in [-0.39, 0.29) is 17.7 Å². The standard InChI is InChI=1S/C25H24N4O3S2/c1-15-7-9-20(16(2)11-15)28-23(30)14-33-25-29-21-10-8-18(13-22(21)34-25)27-24(31)26-17-5-4-6-19(12-17)32-3/h4-13H,14H2,1-3H3,(H,28,30)(H2,26,27,31). The highest BCUT2D eigenvalue weighted by Gasteiger charge is 2.11. The van der Waals surface area contributed by atoms with Gasteiger partial charge in [-0.3, -0.25) is 4.79 Å². The summed E-state index contributed by atoms with van der Waals surface area (Å²) in [7, 11) is 1.58. The van der Waals surface area contributed by atoms with E-state index >= 15 is 0 Å². The molecule has 7 nitrogen and oxygen atoms in total. The maximum atomic E-state index is 12.4. The summed E-state index contributed by atoms with van der Waals surface area (Å²) in [4.78, 5) is 29.3. The number of hydrogen-bond acceptors (Lipinski definition) is 6. The molecule has 0 bridgehead atoms. The summed E-state index contributed by atoms with van der Waals surface area (Å²) in [5.74, 6) is 0.852. The molecule has 0 radical (unpaired) electrons. The average molecular weight is 493 g/mol. The smallest absolute Gasteiger partial charge is 0.323 e. The first-order valence-electron chi connectivity index (χ1n) is 10.5. The Hall–Kier alpha value is -3.56. The molecule has 0 aliphatic carbocycles. The van der Waals surface area contributed by atoms with Gasteiger partial charge in [0.15, 0.2) is 4.34 Å². The van der Waals surface area contributed by atoms with Crippen LogP contribution >= 0.6 is 23.1 Å². The van der Waals surface area contributed by atoms with Gasteiger partial charge in [0.05, 0.1) is 23.1 Å². The van der Waals surface area contributed by atoms with E-state index in [1.165, 1.54) is 23.1 Å². The molecule has 1 heterocycles. The van der Waals surface area contributed by atoms with Crippen LogP contribution < -0.4 is 20.7 Å². The van der Waals surface area contributed by atoms with E-state index in [1.54, 1.807) is 31.4 Å². The predicted octanol–water partition coefficient (Wildman–Crippen LogP) is 6.30. The van der Waals surface area contributed by atoms with Crippen molar-refractivity contribution < 1.29 is 14.3 Å². The Kier molecular flexibility index (Phi) is 7.34. The number of carbonyl (C=O) groups excluding carboxylic acids is 2. The molecule has 1 aromatic heterocycles. The fraction of sp³-hybridized carbons (Fsp3) is 0.160. The molecule has 9 heteroatoms. The molecule has 3 N–H and O–H groups in total. The quantitative estimate of drug-likeness (QED) is 0.263. The van der Waals surface area contributed by atoms with Crippen LogP contribution in [0.25, 0.3) is 10.2 Å². The number of benzene rings is 3. The summed E-state index contributed by atoms with van der Waals surface area (Å²) in [6.07, 6.45) is 0. The van der Waals surface area contributed by atoms with Crippen LogP contribution in [-0.4, -0.2) is 29.8 Å². The number of thiazole rings is 1. The number of urea groups is 1. The van der Waals surface area contributed by atoms with Crippen molar-refractivity contribution in [2.75, 3.05) is 28.8 Å². The lowest BCUT2D eigenvalue weighted by Crippen LogP contribution is -2.19. The zero-order valence-corrected chi connectivity index (χ0v) is 20.6. The number of amides is 3. The number of carbonyl (C=O) groups is 2. The molecule has 3 aromatic carbocycles. The molecule has 4 rings (SSSR count). The summed E-state index contributed by atoms with van der Waals surface area (Å²) >= 11 is 2.88. The number of nitrogens with one attached hydrogen (secondary N) is 3. The zero-order chi connectivity index (χ0) is 24.1. The van der Waals surface area contributed by atoms with E-state index in [0.29, 0.717) is 17.1 Å². The number of rotatable bonds is 7. The Bertz CT molecular complexity index is 1350. The van der Waals surface area contributed by atoms with Gasteiger partial charge in [0, 0.05) is 23.1 Å². The number of hydrogen-bond donors (Lipinski definition) is 3. The van der Waals surface area contributed by atoms with Crippen LogP contribution in [0.4, 0.5) is 21.9 Å². The minimum atomic E-state index is -0.352. The van der Waals surface area contributed by atoms with Crippen LogP contribution in [-0.2, 0) is 4.79 Å². The lowest BCUT2D eigenvalue weighted by Gasteiger charge is -2.08. The zero-order valence-electron chi connectivity index (χ0n) is 19.0. The molecule has 4 aromatic rings. The van der Waals surface area contributed by atoms with Crippen LogP contribution in [0.2, 0.25) is 0 Å². The lowest BCUT2D eigenvalue weighted by atomic mass is 10.1. The molecule has 0 saturated carbocycles. The normalized spacial score (nSPS) is 10.7. The molecule has 174 valence electrons. The summed E-state index contributed by atoms with van der Waals surface area (Å²) in [6, 6.07) is 18.3. The predicted molar refractivity (Wildman–Crippen MR) is 141 cm³/mol. The minimum absolute atomic E-state index is 0.0761. The summed E-state index contributed by atoms with van der Waals surface area (Å²) in [6.45, 7) is 4.00. The largest absolute Gasteiger partial charge is 0.497 e. The summed E-state index contributed by atoms with van der Waals surface area (Å²) < 4.78 is 6.90. The second kappa shape index (κ2) is 10.6. The first kappa shape index (κ1) is 23.6. The van der Waals surface area contributed by atoms with E-state index in [2.05, 4.69) is 20.9 Å². The van der Waals surface area contributed by atoms with Crippen molar-refractivity contribution in [1.29, 1.82) is 0 Å². The first-order valence-corrected chi connectivity index (χ1v) is 12.3. The van der Waals surface area contributed by atoms with Gasteiger partial charge in [-0.25, -0.2) is 9.78 Å². The maximum Gasteiger partial charge on any atom is 0.323 e. The number of nitrogens with zero attached hydrogens (tertiary/aromatic N) is 1. The van der Waals surface area contributed by atoms with Crippen LogP contribution in [0.5, 0.6) is 5.75 Å². The van der Waals surface area contributed by atoms with Crippen LogP contribution in [0, 0.1) is 13.8 Å². The van der Waals surface area contributed by atoms with Gasteiger partial charge in [-0.1, -0.05) is 35.5 Å². The Labute approximate surface area is 205 Å². The van der Waals surface area contributed by atoms with E-state index in [0.717, 1.165) is 31.4 Å². The Balaban J connectivity index is 1.35. The Morgan fingerprint density at radius 2 is 1.76 bits per heavy atom. The van der Waals surface area contributed by atoms with Gasteiger partial charge < -0.3 is 20.7 Å². The molecule has 3 amide bonds. The topological polar surface area (TPSA) is 92.3 Å². The second-order valence-electron chi connectivity index (χ2n) is 7.63. The third-order valence-electron chi connectivity index (χ3n) is 4.94. The summed E-state index contributed by atoms with van der Waals surface area (Å²) in [5.41, 5.74) is 5.12. The number of methoxy groups -OCH3 is 1. The number of fused-ring (bicyclic) bond motifs is 1. The minimum Gasteiger partial charge on any atom is -0.497 e. The number of ether oxygens (including phenoxy) is 1. The molecule has 34 heavy (non-hydrogen) atoms.